The van der Waals surface area contributed by atoms with Crippen molar-refractivity contribution < 1.29 is 23.4 Å². The molecule has 0 aliphatic heterocycles. The highest BCUT2D eigenvalue weighted by Gasteiger charge is 2.11. The Bertz CT molecular complexity index is 728. The third kappa shape index (κ3) is 7.22. The number of unbranched alkanes of at least 4 members (excludes halogenated alkanes) is 5. The summed E-state index contributed by atoms with van der Waals surface area (Å²) in [6.45, 7) is 5.10. The lowest BCUT2D eigenvalue weighted by Gasteiger charge is -2.09. The highest BCUT2D eigenvalue weighted by Crippen LogP contribution is 2.24. The van der Waals surface area contributed by atoms with Gasteiger partial charge in [0.1, 0.15) is 11.5 Å². The van der Waals surface area contributed by atoms with E-state index in [1.807, 2.05) is 6.92 Å². The molecule has 5 heteroatoms. The van der Waals surface area contributed by atoms with Gasteiger partial charge in [0.25, 0.3) is 0 Å². The van der Waals surface area contributed by atoms with E-state index in [9.17, 15) is 9.18 Å². The molecule has 0 radical (unpaired) electrons. The second kappa shape index (κ2) is 12.0. The molecule has 2 rings (SSSR count). The first-order valence-electron chi connectivity index (χ1n) is 10.0. The third-order valence-electron chi connectivity index (χ3n) is 4.27. The zero-order valence-electron chi connectivity index (χ0n) is 16.7. The van der Waals surface area contributed by atoms with Crippen LogP contribution in [-0.2, 0) is 0 Å². The van der Waals surface area contributed by atoms with Gasteiger partial charge in [-0.3, -0.25) is 0 Å². The molecular formula is C23H29FO4. The maximum Gasteiger partial charge on any atom is 0.343 e. The van der Waals surface area contributed by atoms with Crippen LogP contribution in [0.4, 0.5) is 4.39 Å². The Labute approximate surface area is 166 Å². The van der Waals surface area contributed by atoms with Crippen LogP contribution < -0.4 is 14.2 Å². The van der Waals surface area contributed by atoms with Crippen LogP contribution in [0.1, 0.15) is 62.7 Å². The lowest BCUT2D eigenvalue weighted by atomic mass is 10.1. The van der Waals surface area contributed by atoms with Gasteiger partial charge in [0, 0.05) is 6.07 Å². The third-order valence-corrected chi connectivity index (χ3v) is 4.27. The van der Waals surface area contributed by atoms with Crippen molar-refractivity contribution in [3.8, 4) is 17.2 Å². The first-order chi connectivity index (χ1) is 13.6. The van der Waals surface area contributed by atoms with Crippen molar-refractivity contribution in [1.29, 1.82) is 0 Å². The largest absolute Gasteiger partial charge is 0.494 e. The Morgan fingerprint density at radius 3 is 2.21 bits per heavy atom. The summed E-state index contributed by atoms with van der Waals surface area (Å²) in [7, 11) is 0. The number of carbonyl (C=O) groups excluding carboxylic acids is 1. The summed E-state index contributed by atoms with van der Waals surface area (Å²) >= 11 is 0. The maximum absolute atomic E-state index is 14.2. The Balaban J connectivity index is 1.81. The Morgan fingerprint density at radius 1 is 0.857 bits per heavy atom. The van der Waals surface area contributed by atoms with Crippen molar-refractivity contribution in [3.63, 3.8) is 0 Å². The highest BCUT2D eigenvalue weighted by atomic mass is 19.1. The molecule has 2 aromatic rings. The minimum absolute atomic E-state index is 0.142. The summed E-state index contributed by atoms with van der Waals surface area (Å²) in [6, 6.07) is 10.8. The average Bonchev–Trinajstić information content (AvgIpc) is 2.69. The van der Waals surface area contributed by atoms with Crippen molar-refractivity contribution in [1.82, 2.24) is 0 Å². The van der Waals surface area contributed by atoms with E-state index in [0.717, 1.165) is 12.8 Å². The van der Waals surface area contributed by atoms with E-state index in [1.54, 1.807) is 24.3 Å². The van der Waals surface area contributed by atoms with E-state index in [2.05, 4.69) is 6.92 Å². The van der Waals surface area contributed by atoms with E-state index in [4.69, 9.17) is 14.2 Å². The van der Waals surface area contributed by atoms with E-state index in [1.165, 1.54) is 43.9 Å². The molecule has 4 nitrogen and oxygen atoms in total. The molecule has 0 aromatic heterocycles. The standard InChI is InChI=1S/C23H29FO4/c1-3-5-6-7-8-9-16-27-22-15-14-20(17-21(22)24)28-23(25)18-10-12-19(13-11-18)26-4-2/h10-15,17H,3-9,16H2,1-2H3. The summed E-state index contributed by atoms with van der Waals surface area (Å²) in [4.78, 5) is 12.2. The van der Waals surface area contributed by atoms with E-state index in [-0.39, 0.29) is 11.5 Å². The van der Waals surface area contributed by atoms with Crippen molar-refractivity contribution in [2.24, 2.45) is 0 Å². The monoisotopic (exact) mass is 388 g/mol. The second-order valence-corrected chi connectivity index (χ2v) is 6.56. The van der Waals surface area contributed by atoms with Gasteiger partial charge in [-0.25, -0.2) is 9.18 Å². The van der Waals surface area contributed by atoms with Crippen LogP contribution in [0.2, 0.25) is 0 Å². The van der Waals surface area contributed by atoms with Gasteiger partial charge >= 0.3 is 5.97 Å². The van der Waals surface area contributed by atoms with Gasteiger partial charge in [0.05, 0.1) is 18.8 Å². The number of esters is 1. The topological polar surface area (TPSA) is 44.8 Å². The van der Waals surface area contributed by atoms with Crippen molar-refractivity contribution in [3.05, 3.63) is 53.8 Å². The first kappa shape index (κ1) is 21.7. The van der Waals surface area contributed by atoms with Crippen LogP contribution in [0.25, 0.3) is 0 Å². The number of halogens is 1. The number of hydrogen-bond acceptors (Lipinski definition) is 4. The fraction of sp³-hybridized carbons (Fsp3) is 0.435. The van der Waals surface area contributed by atoms with Gasteiger partial charge < -0.3 is 14.2 Å². The molecule has 0 saturated heterocycles. The molecule has 0 N–H and O–H groups in total. The van der Waals surface area contributed by atoms with Crippen molar-refractivity contribution >= 4 is 5.97 Å². The number of ether oxygens (including phenoxy) is 3. The normalized spacial score (nSPS) is 10.5. The maximum atomic E-state index is 14.2. The van der Waals surface area contributed by atoms with E-state index >= 15 is 0 Å². The Morgan fingerprint density at radius 2 is 1.54 bits per heavy atom. The summed E-state index contributed by atoms with van der Waals surface area (Å²) in [5.41, 5.74) is 0.368. The predicted molar refractivity (Wildman–Crippen MR) is 108 cm³/mol. The second-order valence-electron chi connectivity index (χ2n) is 6.56. The smallest absolute Gasteiger partial charge is 0.343 e. The molecule has 0 aliphatic carbocycles. The van der Waals surface area contributed by atoms with Gasteiger partial charge in [0.2, 0.25) is 0 Å². The molecular weight excluding hydrogens is 359 g/mol. The lowest BCUT2D eigenvalue weighted by molar-refractivity contribution is 0.0734. The predicted octanol–water partition coefficient (Wildman–Crippen LogP) is 6.18. The molecule has 0 amide bonds. The van der Waals surface area contributed by atoms with Crippen LogP contribution in [0.5, 0.6) is 17.2 Å². The van der Waals surface area contributed by atoms with Crippen LogP contribution in [-0.4, -0.2) is 19.2 Å². The molecule has 0 atom stereocenters. The van der Waals surface area contributed by atoms with Crippen LogP contribution in [0.3, 0.4) is 0 Å². The Hall–Kier alpha value is -2.56. The molecule has 0 bridgehead atoms. The van der Waals surface area contributed by atoms with Crippen molar-refractivity contribution in [2.45, 2.75) is 52.4 Å². The fourth-order valence-electron chi connectivity index (χ4n) is 2.75. The zero-order valence-corrected chi connectivity index (χ0v) is 16.7. The molecule has 0 spiro atoms. The van der Waals surface area contributed by atoms with E-state index < -0.39 is 11.8 Å². The van der Waals surface area contributed by atoms with Crippen LogP contribution >= 0.6 is 0 Å². The van der Waals surface area contributed by atoms with Gasteiger partial charge in [-0.1, -0.05) is 39.0 Å². The number of carbonyl (C=O) groups is 1. The first-order valence-corrected chi connectivity index (χ1v) is 10.0. The molecule has 0 heterocycles. The van der Waals surface area contributed by atoms with Gasteiger partial charge in [-0.15, -0.1) is 0 Å². The lowest BCUT2D eigenvalue weighted by Crippen LogP contribution is -2.09. The number of rotatable bonds is 12. The number of hydrogen-bond donors (Lipinski definition) is 0. The average molecular weight is 388 g/mol. The molecule has 0 aliphatic rings. The van der Waals surface area contributed by atoms with Crippen molar-refractivity contribution in [2.75, 3.05) is 13.2 Å². The van der Waals surface area contributed by atoms with Gasteiger partial charge in [-0.05, 0) is 49.7 Å². The minimum atomic E-state index is -0.553. The molecule has 152 valence electrons. The number of benzene rings is 2. The Kier molecular flexibility index (Phi) is 9.32. The molecule has 28 heavy (non-hydrogen) atoms. The minimum Gasteiger partial charge on any atom is -0.494 e. The summed E-state index contributed by atoms with van der Waals surface area (Å²) in [5, 5.41) is 0. The molecule has 0 fully saturated rings. The molecule has 0 unspecified atom stereocenters. The zero-order chi connectivity index (χ0) is 20.2. The van der Waals surface area contributed by atoms with E-state index in [0.29, 0.717) is 24.5 Å². The highest BCUT2D eigenvalue weighted by molar-refractivity contribution is 5.91. The van der Waals surface area contributed by atoms with Gasteiger partial charge in [-0.2, -0.15) is 0 Å². The van der Waals surface area contributed by atoms with Crippen LogP contribution in [0.15, 0.2) is 42.5 Å². The fourth-order valence-corrected chi connectivity index (χ4v) is 2.75. The molecule has 2 aromatic carbocycles. The summed E-state index contributed by atoms with van der Waals surface area (Å²) in [6.07, 6.45) is 6.87. The SMILES string of the molecule is CCCCCCCCOc1ccc(OC(=O)c2ccc(OCC)cc2)cc1F. The quantitative estimate of drug-likeness (QED) is 0.247. The summed E-state index contributed by atoms with van der Waals surface area (Å²) < 4.78 is 30.3. The van der Waals surface area contributed by atoms with Gasteiger partial charge in [0.15, 0.2) is 11.6 Å². The molecule has 0 saturated carbocycles. The summed E-state index contributed by atoms with van der Waals surface area (Å²) in [5.74, 6) is -0.0964. The van der Waals surface area contributed by atoms with Crippen LogP contribution in [0, 0.1) is 5.82 Å².